The topological polar surface area (TPSA) is 83.8 Å². The van der Waals surface area contributed by atoms with Gasteiger partial charge in [0.2, 0.25) is 0 Å². The van der Waals surface area contributed by atoms with Gasteiger partial charge in [0.05, 0.1) is 17.0 Å². The highest BCUT2D eigenvalue weighted by Gasteiger charge is 2.38. The fraction of sp³-hybridized carbons (Fsp3) is 0.581. The molecule has 2 N–H and O–H groups in total. The molecule has 246 valence electrons. The van der Waals surface area contributed by atoms with Crippen molar-refractivity contribution in [1.82, 2.24) is 15.4 Å². The molecule has 8 nitrogen and oxygen atoms in total. The van der Waals surface area contributed by atoms with Gasteiger partial charge in [-0.1, -0.05) is 11.3 Å². The smallest absolute Gasteiger partial charge is 0.416 e. The largest absolute Gasteiger partial charge is 0.481 e. The van der Waals surface area contributed by atoms with Crippen molar-refractivity contribution >= 4 is 11.7 Å². The van der Waals surface area contributed by atoms with E-state index >= 15 is 0 Å². The van der Waals surface area contributed by atoms with E-state index in [1.165, 1.54) is 16.2 Å². The Morgan fingerprint density at radius 1 is 0.956 bits per heavy atom. The van der Waals surface area contributed by atoms with Crippen LogP contribution < -0.4 is 10.3 Å². The van der Waals surface area contributed by atoms with Gasteiger partial charge in [-0.25, -0.2) is 5.12 Å². The van der Waals surface area contributed by atoms with Gasteiger partial charge < -0.3 is 10.0 Å². The number of nitrogens with zero attached hydrogens (tertiary/aromatic N) is 5. The minimum Gasteiger partial charge on any atom is -0.481 e. The molecule has 1 aliphatic heterocycles. The van der Waals surface area contributed by atoms with Crippen LogP contribution in [0.1, 0.15) is 72.4 Å². The van der Waals surface area contributed by atoms with Crippen LogP contribution in [0.2, 0.25) is 0 Å². The van der Waals surface area contributed by atoms with Gasteiger partial charge in [-0.2, -0.15) is 31.8 Å². The number of carbonyl (C=O) groups is 1. The number of nitrogens with one attached hydrogen (secondary N) is 1. The molecule has 5 rings (SSSR count). The number of hydrogen-bond donors (Lipinski definition) is 2. The number of benzene rings is 2. The number of fused-ring (bicyclic) bond motifs is 1. The van der Waals surface area contributed by atoms with Crippen LogP contribution >= 0.6 is 0 Å². The zero-order valence-electron chi connectivity index (χ0n) is 25.3. The van der Waals surface area contributed by atoms with E-state index < -0.39 is 35.7 Å². The number of rotatable bonds is 10. The molecule has 1 saturated carbocycles. The zero-order valence-corrected chi connectivity index (χ0v) is 25.3. The van der Waals surface area contributed by atoms with Gasteiger partial charge in [-0.3, -0.25) is 9.69 Å². The number of carboxylic acids is 1. The van der Waals surface area contributed by atoms with Crippen molar-refractivity contribution in [2.24, 2.45) is 22.2 Å². The maximum absolute atomic E-state index is 13.7. The van der Waals surface area contributed by atoms with Crippen LogP contribution in [0.4, 0.5) is 32.0 Å². The molecule has 14 heteroatoms. The Labute approximate surface area is 258 Å². The van der Waals surface area contributed by atoms with E-state index in [1.54, 1.807) is 11.9 Å². The lowest BCUT2D eigenvalue weighted by Gasteiger charge is -2.35. The lowest BCUT2D eigenvalue weighted by Crippen LogP contribution is -2.45. The molecule has 1 heterocycles. The van der Waals surface area contributed by atoms with Crippen LogP contribution in [0.15, 0.2) is 40.7 Å². The number of hydrazine groups is 1. The van der Waals surface area contributed by atoms with Gasteiger partial charge in [-0.05, 0) is 104 Å². The average molecular weight is 641 g/mol. The maximum atomic E-state index is 13.7. The molecule has 1 fully saturated rings. The quantitative estimate of drug-likeness (QED) is 0.272. The maximum Gasteiger partial charge on any atom is 0.416 e. The first-order valence-electron chi connectivity index (χ1n) is 15.3. The predicted molar refractivity (Wildman–Crippen MR) is 155 cm³/mol. The van der Waals surface area contributed by atoms with Crippen LogP contribution in [0.25, 0.3) is 0 Å². The molecule has 45 heavy (non-hydrogen) atoms. The van der Waals surface area contributed by atoms with E-state index in [1.807, 2.05) is 6.92 Å². The van der Waals surface area contributed by atoms with Crippen molar-refractivity contribution in [3.63, 3.8) is 0 Å². The molecule has 1 atom stereocenters. The van der Waals surface area contributed by atoms with Crippen LogP contribution in [-0.4, -0.2) is 47.5 Å². The van der Waals surface area contributed by atoms with Crippen LogP contribution in [-0.2, 0) is 43.1 Å². The van der Waals surface area contributed by atoms with Crippen molar-refractivity contribution in [2.45, 2.75) is 83.6 Å². The fourth-order valence-electron chi connectivity index (χ4n) is 6.68. The number of anilines is 1. The minimum atomic E-state index is -4.95. The van der Waals surface area contributed by atoms with Crippen LogP contribution in [0, 0.1) is 11.8 Å². The Hall–Kier alpha value is -3.39. The third-order valence-electron chi connectivity index (χ3n) is 9.04. The average Bonchev–Trinajstić information content (AvgIpc) is 3.63. The first-order chi connectivity index (χ1) is 21.2. The Morgan fingerprint density at radius 3 is 2.11 bits per heavy atom. The van der Waals surface area contributed by atoms with E-state index in [4.69, 9.17) is 0 Å². The molecule has 0 amide bonds. The summed E-state index contributed by atoms with van der Waals surface area (Å²) < 4.78 is 82.0. The van der Waals surface area contributed by atoms with Gasteiger partial charge in [0.15, 0.2) is 6.29 Å². The van der Waals surface area contributed by atoms with Crippen molar-refractivity contribution < 1.29 is 36.2 Å². The van der Waals surface area contributed by atoms with E-state index in [2.05, 4.69) is 32.8 Å². The van der Waals surface area contributed by atoms with Crippen molar-refractivity contribution in [2.75, 3.05) is 25.0 Å². The summed E-state index contributed by atoms with van der Waals surface area (Å²) in [6, 6.07) is 5.93. The van der Waals surface area contributed by atoms with Gasteiger partial charge in [-0.15, -0.1) is 5.11 Å². The summed E-state index contributed by atoms with van der Waals surface area (Å²) in [5, 5.41) is 18.9. The SMILES string of the molecule is CCN(C[C@H]1CC[C@H](C(=O)O)CC1)c1cc2c(cc1CN(Cc1cc(C(F)(F)F)cc(C(F)(F)F)c1)C1N=NN(C)N1)CCC2. The molecule has 2 aromatic rings. The van der Waals surface area contributed by atoms with E-state index in [9.17, 15) is 36.2 Å². The summed E-state index contributed by atoms with van der Waals surface area (Å²) >= 11 is 0. The number of aliphatic carboxylic acids is 1. The number of alkyl halides is 6. The lowest BCUT2D eigenvalue weighted by atomic mass is 9.81. The molecule has 0 radical (unpaired) electrons. The first kappa shape index (κ1) is 33.0. The zero-order chi connectivity index (χ0) is 32.5. The minimum absolute atomic E-state index is 0.136. The summed E-state index contributed by atoms with van der Waals surface area (Å²) in [5.74, 6) is -0.767. The molecule has 2 aliphatic carbocycles. The highest BCUT2D eigenvalue weighted by Crippen LogP contribution is 2.38. The molecule has 1 unspecified atom stereocenters. The second-order valence-corrected chi connectivity index (χ2v) is 12.2. The fourth-order valence-corrected chi connectivity index (χ4v) is 6.68. The highest BCUT2D eigenvalue weighted by molar-refractivity contribution is 5.70. The standard InChI is InChI=1S/C31H38F6N6O2/c1-3-42(16-19-7-9-21(10-8-19)28(44)45)27-14-23-6-4-5-22(23)13-24(27)18-43(29-38-40-41(2)39-29)17-20-11-25(30(32,33)34)15-26(12-20)31(35,36)37/h11-15,19,21,29,39H,3-10,16-18H2,1-2H3,(H,44,45)/t19-,21-,29?. The van der Waals surface area contributed by atoms with Crippen LogP contribution in [0.3, 0.4) is 0 Å². The Balaban J connectivity index is 1.48. The summed E-state index contributed by atoms with van der Waals surface area (Å²) in [6.45, 7) is 3.38. The number of carboxylic acid groups (broad SMARTS) is 1. The van der Waals surface area contributed by atoms with Gasteiger partial charge in [0.25, 0.3) is 0 Å². The second kappa shape index (κ2) is 13.1. The molecule has 3 aliphatic rings. The molecule has 0 spiro atoms. The molecular formula is C31H38F6N6O2. The van der Waals surface area contributed by atoms with Gasteiger partial charge in [0.1, 0.15) is 0 Å². The van der Waals surface area contributed by atoms with Gasteiger partial charge in [0, 0.05) is 38.9 Å². The summed E-state index contributed by atoms with van der Waals surface area (Å²) in [6.07, 6.45) is -5.04. The second-order valence-electron chi connectivity index (χ2n) is 12.2. The third kappa shape index (κ3) is 7.89. The summed E-state index contributed by atoms with van der Waals surface area (Å²) in [5.41, 5.74) is 4.41. The Morgan fingerprint density at radius 2 is 1.58 bits per heavy atom. The van der Waals surface area contributed by atoms with Crippen LogP contribution in [0.5, 0.6) is 0 Å². The summed E-state index contributed by atoms with van der Waals surface area (Å²) in [7, 11) is 1.60. The van der Waals surface area contributed by atoms with E-state index in [-0.39, 0.29) is 30.6 Å². The normalized spacial score (nSPS) is 21.9. The molecule has 0 aromatic heterocycles. The first-order valence-corrected chi connectivity index (χ1v) is 15.3. The predicted octanol–water partition coefficient (Wildman–Crippen LogP) is 7.03. The number of aryl methyl sites for hydroxylation is 2. The lowest BCUT2D eigenvalue weighted by molar-refractivity contribution is -0.144. The Bertz CT molecular complexity index is 1370. The molecule has 0 saturated heterocycles. The van der Waals surface area contributed by atoms with Crippen molar-refractivity contribution in [3.8, 4) is 0 Å². The van der Waals surface area contributed by atoms with E-state index in [0.717, 1.165) is 62.0 Å². The van der Waals surface area contributed by atoms with Gasteiger partial charge >= 0.3 is 18.3 Å². The molecular weight excluding hydrogens is 602 g/mol. The van der Waals surface area contributed by atoms with E-state index in [0.29, 0.717) is 25.3 Å². The molecule has 2 aromatic carbocycles. The van der Waals surface area contributed by atoms with Crippen molar-refractivity contribution in [3.05, 3.63) is 63.7 Å². The molecule has 0 bridgehead atoms. The monoisotopic (exact) mass is 640 g/mol. The highest BCUT2D eigenvalue weighted by atomic mass is 19.4. The summed E-state index contributed by atoms with van der Waals surface area (Å²) in [4.78, 5) is 15.4. The Kier molecular flexibility index (Phi) is 9.64. The number of hydrogen-bond acceptors (Lipinski definition) is 7. The number of halogens is 6. The third-order valence-corrected chi connectivity index (χ3v) is 9.04. The van der Waals surface area contributed by atoms with Crippen molar-refractivity contribution in [1.29, 1.82) is 0 Å².